The average molecular weight is 267 g/mol. The molecule has 0 aliphatic rings. The second-order valence-corrected chi connectivity index (χ2v) is 6.31. The van der Waals surface area contributed by atoms with E-state index >= 15 is 0 Å². The molecule has 1 atom stereocenters. The first-order chi connectivity index (χ1) is 7.28. The minimum absolute atomic E-state index is 0.0700. The first kappa shape index (κ1) is 13.4. The van der Waals surface area contributed by atoms with E-state index < -0.39 is 21.8 Å². The monoisotopic (exact) mass is 266 g/mol. The van der Waals surface area contributed by atoms with Crippen LogP contribution in [0.2, 0.25) is 5.02 Å². The minimum atomic E-state index is -3.27. The molecule has 90 valence electrons. The number of hydrogen-bond donors (Lipinski definition) is 1. The van der Waals surface area contributed by atoms with Crippen molar-refractivity contribution >= 4 is 21.4 Å². The van der Waals surface area contributed by atoms with Gasteiger partial charge >= 0.3 is 0 Å². The van der Waals surface area contributed by atoms with Gasteiger partial charge in [0.1, 0.15) is 15.7 Å². The maximum absolute atomic E-state index is 13.2. The van der Waals surface area contributed by atoms with Gasteiger partial charge in [-0.2, -0.15) is 0 Å². The van der Waals surface area contributed by atoms with Crippen LogP contribution in [0.4, 0.5) is 4.39 Å². The number of aliphatic hydroxyl groups excluding tert-OH is 1. The zero-order valence-corrected chi connectivity index (χ0v) is 10.2. The smallest absolute Gasteiger partial charge is 0.150 e. The second-order valence-electron chi connectivity index (χ2n) is 3.69. The number of hydrogen-bond acceptors (Lipinski definition) is 3. The minimum Gasteiger partial charge on any atom is -0.392 e. The fourth-order valence-electron chi connectivity index (χ4n) is 1.36. The number of sulfone groups is 1. The third-order valence-electron chi connectivity index (χ3n) is 1.96. The molecule has 0 aromatic heterocycles. The van der Waals surface area contributed by atoms with Crippen LogP contribution < -0.4 is 0 Å². The molecule has 6 heteroatoms. The maximum Gasteiger partial charge on any atom is 0.150 e. The van der Waals surface area contributed by atoms with Crippen molar-refractivity contribution in [3.05, 3.63) is 34.6 Å². The van der Waals surface area contributed by atoms with Gasteiger partial charge in [-0.1, -0.05) is 11.6 Å². The Hall–Kier alpha value is -0.650. The van der Waals surface area contributed by atoms with Crippen LogP contribution in [0.3, 0.4) is 0 Å². The Morgan fingerprint density at radius 3 is 2.69 bits per heavy atom. The van der Waals surface area contributed by atoms with Crippen LogP contribution in [-0.2, 0) is 16.3 Å². The molecule has 0 saturated carbocycles. The second kappa shape index (κ2) is 5.12. The van der Waals surface area contributed by atoms with Crippen LogP contribution in [0.25, 0.3) is 0 Å². The fourth-order valence-corrected chi connectivity index (χ4v) is 2.37. The van der Waals surface area contributed by atoms with Crippen molar-refractivity contribution in [1.29, 1.82) is 0 Å². The summed E-state index contributed by atoms with van der Waals surface area (Å²) in [5.74, 6) is -0.893. The molecule has 1 N–H and O–H groups in total. The van der Waals surface area contributed by atoms with E-state index in [4.69, 9.17) is 11.6 Å². The van der Waals surface area contributed by atoms with Crippen LogP contribution >= 0.6 is 11.6 Å². The number of halogens is 2. The summed E-state index contributed by atoms with van der Waals surface area (Å²) in [6, 6.07) is 3.95. The summed E-state index contributed by atoms with van der Waals surface area (Å²) < 4.78 is 35.1. The zero-order valence-electron chi connectivity index (χ0n) is 8.65. The lowest BCUT2D eigenvalue weighted by Crippen LogP contribution is -2.22. The lowest BCUT2D eigenvalue weighted by atomic mass is 10.1. The van der Waals surface area contributed by atoms with Gasteiger partial charge in [0.2, 0.25) is 0 Å². The summed E-state index contributed by atoms with van der Waals surface area (Å²) in [5.41, 5.74) is 0.212. The summed E-state index contributed by atoms with van der Waals surface area (Å²) in [6.07, 6.45) is -0.174. The quantitative estimate of drug-likeness (QED) is 0.897. The Labute approximate surface area is 98.8 Å². The van der Waals surface area contributed by atoms with Gasteiger partial charge in [-0.3, -0.25) is 0 Å². The molecular formula is C10H12ClFO3S. The van der Waals surface area contributed by atoms with Crippen molar-refractivity contribution in [2.45, 2.75) is 12.5 Å². The molecule has 0 aliphatic heterocycles. The molecule has 1 aromatic carbocycles. The molecule has 0 amide bonds. The fraction of sp³-hybridized carbons (Fsp3) is 0.400. The highest BCUT2D eigenvalue weighted by molar-refractivity contribution is 7.90. The van der Waals surface area contributed by atoms with Gasteiger partial charge in [-0.15, -0.1) is 0 Å². The summed E-state index contributed by atoms with van der Waals surface area (Å²) in [6.45, 7) is 0. The Kier molecular flexibility index (Phi) is 4.29. The zero-order chi connectivity index (χ0) is 12.3. The predicted molar refractivity (Wildman–Crippen MR) is 60.8 cm³/mol. The number of rotatable bonds is 4. The molecule has 0 heterocycles. The van der Waals surface area contributed by atoms with Gasteiger partial charge in [0, 0.05) is 17.7 Å². The van der Waals surface area contributed by atoms with Crippen LogP contribution in [0.5, 0.6) is 0 Å². The van der Waals surface area contributed by atoms with Gasteiger partial charge in [-0.05, 0) is 23.8 Å². The molecule has 0 saturated heterocycles. The highest BCUT2D eigenvalue weighted by Gasteiger charge is 2.15. The van der Waals surface area contributed by atoms with E-state index in [1.165, 1.54) is 18.2 Å². The average Bonchev–Trinajstić information content (AvgIpc) is 2.08. The SMILES string of the molecule is CS(=O)(=O)CC(O)Cc1cc(Cl)ccc1F. The molecule has 0 spiro atoms. The van der Waals surface area contributed by atoms with E-state index in [9.17, 15) is 17.9 Å². The van der Waals surface area contributed by atoms with Crippen molar-refractivity contribution in [2.75, 3.05) is 12.0 Å². The predicted octanol–water partition coefficient (Wildman–Crippen LogP) is 1.43. The van der Waals surface area contributed by atoms with Crippen LogP contribution in [0, 0.1) is 5.82 Å². The molecule has 16 heavy (non-hydrogen) atoms. The Morgan fingerprint density at radius 2 is 2.12 bits per heavy atom. The summed E-state index contributed by atoms with van der Waals surface area (Å²) >= 11 is 5.67. The van der Waals surface area contributed by atoms with Gasteiger partial charge in [0.15, 0.2) is 0 Å². The first-order valence-corrected chi connectivity index (χ1v) is 7.01. The number of benzene rings is 1. The van der Waals surface area contributed by atoms with Crippen LogP contribution in [0.15, 0.2) is 18.2 Å². The molecule has 0 aliphatic carbocycles. The van der Waals surface area contributed by atoms with Crippen molar-refractivity contribution in [1.82, 2.24) is 0 Å². The lowest BCUT2D eigenvalue weighted by molar-refractivity contribution is 0.196. The molecular weight excluding hydrogens is 255 g/mol. The maximum atomic E-state index is 13.2. The van der Waals surface area contributed by atoms with Crippen molar-refractivity contribution in [2.24, 2.45) is 0 Å². The highest BCUT2D eigenvalue weighted by Crippen LogP contribution is 2.16. The normalized spacial score (nSPS) is 13.8. The van der Waals surface area contributed by atoms with E-state index in [2.05, 4.69) is 0 Å². The molecule has 1 rings (SSSR count). The molecule has 3 nitrogen and oxygen atoms in total. The first-order valence-electron chi connectivity index (χ1n) is 4.57. The summed E-state index contributed by atoms with van der Waals surface area (Å²) in [5, 5.41) is 9.81. The molecule has 1 unspecified atom stereocenters. The standard InChI is InChI=1S/C10H12ClFO3S/c1-16(14,15)6-9(13)5-7-4-8(11)2-3-10(7)12/h2-4,9,13H,5-6H2,1H3. The summed E-state index contributed by atoms with van der Waals surface area (Å²) in [4.78, 5) is 0. The van der Waals surface area contributed by atoms with Crippen molar-refractivity contribution < 1.29 is 17.9 Å². The third kappa shape index (κ3) is 4.47. The largest absolute Gasteiger partial charge is 0.392 e. The Bertz CT molecular complexity index is 473. The van der Waals surface area contributed by atoms with Crippen molar-refractivity contribution in [3.8, 4) is 0 Å². The van der Waals surface area contributed by atoms with Gasteiger partial charge < -0.3 is 5.11 Å². The van der Waals surface area contributed by atoms with Gasteiger partial charge in [0.05, 0.1) is 11.9 Å². The van der Waals surface area contributed by atoms with E-state index in [0.29, 0.717) is 5.02 Å². The Balaban J connectivity index is 2.77. The van der Waals surface area contributed by atoms with Gasteiger partial charge in [0.25, 0.3) is 0 Å². The van der Waals surface area contributed by atoms with Crippen LogP contribution in [0.1, 0.15) is 5.56 Å². The van der Waals surface area contributed by atoms with Crippen LogP contribution in [-0.4, -0.2) is 31.6 Å². The van der Waals surface area contributed by atoms with E-state index in [0.717, 1.165) is 6.26 Å². The molecule has 1 aromatic rings. The third-order valence-corrected chi connectivity index (χ3v) is 3.18. The lowest BCUT2D eigenvalue weighted by Gasteiger charge is -2.10. The summed E-state index contributed by atoms with van der Waals surface area (Å²) in [7, 11) is -3.27. The topological polar surface area (TPSA) is 54.4 Å². The van der Waals surface area contributed by atoms with E-state index in [1.807, 2.05) is 0 Å². The molecule has 0 bridgehead atoms. The Morgan fingerprint density at radius 1 is 1.50 bits per heavy atom. The molecule has 0 fully saturated rings. The van der Waals surface area contributed by atoms with Crippen molar-refractivity contribution in [3.63, 3.8) is 0 Å². The number of aliphatic hydroxyl groups is 1. The van der Waals surface area contributed by atoms with Gasteiger partial charge in [-0.25, -0.2) is 12.8 Å². The van der Waals surface area contributed by atoms with E-state index in [-0.39, 0.29) is 17.7 Å². The van der Waals surface area contributed by atoms with E-state index in [1.54, 1.807) is 0 Å². The highest BCUT2D eigenvalue weighted by atomic mass is 35.5. The molecule has 0 radical (unpaired) electrons.